The number of hydrogen-bond donors (Lipinski definition) is 0. The van der Waals surface area contributed by atoms with Gasteiger partial charge in [0.25, 0.3) is 10.2 Å². The Kier molecular flexibility index (Phi) is 4.08. The molecule has 0 aromatic rings. The molecule has 1 fully saturated rings. The SMILES string of the molecule is CC1CCCCN1S(=O)(=O)N(C)CC#N. The topological polar surface area (TPSA) is 64.4 Å². The minimum Gasteiger partial charge on any atom is -0.197 e. The minimum atomic E-state index is -3.43. The van der Waals surface area contributed by atoms with Crippen molar-refractivity contribution in [2.45, 2.75) is 32.2 Å². The van der Waals surface area contributed by atoms with Gasteiger partial charge in [0.1, 0.15) is 6.54 Å². The standard InChI is InChI=1S/C9H17N3O2S/c1-9-5-3-4-7-12(9)15(13,14)11(2)8-6-10/h9H,3-5,7-8H2,1-2H3. The number of piperidine rings is 1. The molecule has 86 valence electrons. The fourth-order valence-corrected chi connectivity index (χ4v) is 3.27. The van der Waals surface area contributed by atoms with E-state index in [1.54, 1.807) is 0 Å². The average molecular weight is 231 g/mol. The summed E-state index contributed by atoms with van der Waals surface area (Å²) in [6.07, 6.45) is 2.89. The predicted molar refractivity (Wildman–Crippen MR) is 57.2 cm³/mol. The van der Waals surface area contributed by atoms with Crippen LogP contribution in [-0.4, -0.2) is 43.2 Å². The summed E-state index contributed by atoms with van der Waals surface area (Å²) >= 11 is 0. The van der Waals surface area contributed by atoms with Gasteiger partial charge in [-0.2, -0.15) is 22.3 Å². The second-order valence-electron chi connectivity index (χ2n) is 3.88. The van der Waals surface area contributed by atoms with Crippen LogP contribution in [0.25, 0.3) is 0 Å². The van der Waals surface area contributed by atoms with E-state index >= 15 is 0 Å². The van der Waals surface area contributed by atoms with Gasteiger partial charge in [0.2, 0.25) is 0 Å². The predicted octanol–water partition coefficient (Wildman–Crippen LogP) is 0.561. The van der Waals surface area contributed by atoms with E-state index in [1.807, 2.05) is 13.0 Å². The van der Waals surface area contributed by atoms with Gasteiger partial charge in [-0.15, -0.1) is 0 Å². The summed E-state index contributed by atoms with van der Waals surface area (Å²) in [5.74, 6) is 0. The molecule has 0 aromatic carbocycles. The third-order valence-corrected chi connectivity index (χ3v) is 4.78. The van der Waals surface area contributed by atoms with Crippen LogP contribution in [0.4, 0.5) is 0 Å². The van der Waals surface area contributed by atoms with Crippen LogP contribution in [0, 0.1) is 11.3 Å². The van der Waals surface area contributed by atoms with Crippen LogP contribution in [0.1, 0.15) is 26.2 Å². The zero-order chi connectivity index (χ0) is 11.5. The minimum absolute atomic E-state index is 0.0462. The smallest absolute Gasteiger partial charge is 0.197 e. The first-order chi connectivity index (χ1) is 7.00. The summed E-state index contributed by atoms with van der Waals surface area (Å²) in [4.78, 5) is 0. The summed E-state index contributed by atoms with van der Waals surface area (Å²) in [5.41, 5.74) is 0. The zero-order valence-electron chi connectivity index (χ0n) is 9.18. The molecule has 0 spiro atoms. The first-order valence-electron chi connectivity index (χ1n) is 5.10. The maximum Gasteiger partial charge on any atom is 0.282 e. The van der Waals surface area contributed by atoms with E-state index < -0.39 is 10.2 Å². The number of rotatable bonds is 3. The molecule has 0 saturated carbocycles. The van der Waals surface area contributed by atoms with Gasteiger partial charge >= 0.3 is 0 Å². The Hall–Kier alpha value is -0.640. The number of hydrogen-bond acceptors (Lipinski definition) is 3. The van der Waals surface area contributed by atoms with Crippen molar-refractivity contribution >= 4 is 10.2 Å². The normalized spacial score (nSPS) is 24.0. The van der Waals surface area contributed by atoms with Crippen molar-refractivity contribution in [2.24, 2.45) is 0 Å². The molecule has 0 bridgehead atoms. The molecule has 0 aromatic heterocycles. The quantitative estimate of drug-likeness (QED) is 0.667. The first kappa shape index (κ1) is 12.4. The molecular weight excluding hydrogens is 214 g/mol. The summed E-state index contributed by atoms with van der Waals surface area (Å²) in [6, 6.07) is 1.89. The highest BCUT2D eigenvalue weighted by atomic mass is 32.2. The van der Waals surface area contributed by atoms with Gasteiger partial charge in [-0.25, -0.2) is 0 Å². The van der Waals surface area contributed by atoms with Crippen LogP contribution < -0.4 is 0 Å². The molecule has 1 aliphatic rings. The Morgan fingerprint density at radius 2 is 2.20 bits per heavy atom. The monoisotopic (exact) mass is 231 g/mol. The first-order valence-corrected chi connectivity index (χ1v) is 6.50. The van der Waals surface area contributed by atoms with Crippen molar-refractivity contribution in [3.8, 4) is 6.07 Å². The van der Waals surface area contributed by atoms with Crippen molar-refractivity contribution in [3.63, 3.8) is 0 Å². The van der Waals surface area contributed by atoms with Crippen LogP contribution in [0.5, 0.6) is 0 Å². The van der Waals surface area contributed by atoms with Crippen molar-refractivity contribution < 1.29 is 8.42 Å². The second-order valence-corrected chi connectivity index (χ2v) is 5.87. The van der Waals surface area contributed by atoms with Crippen LogP contribution in [0.2, 0.25) is 0 Å². The lowest BCUT2D eigenvalue weighted by atomic mass is 10.1. The molecule has 0 N–H and O–H groups in total. The Bertz CT molecular complexity index is 347. The molecule has 1 saturated heterocycles. The fourth-order valence-electron chi connectivity index (χ4n) is 1.77. The highest BCUT2D eigenvalue weighted by Crippen LogP contribution is 2.21. The van der Waals surface area contributed by atoms with E-state index in [2.05, 4.69) is 0 Å². The summed E-state index contributed by atoms with van der Waals surface area (Å²) < 4.78 is 26.6. The van der Waals surface area contributed by atoms with E-state index in [0.29, 0.717) is 6.54 Å². The van der Waals surface area contributed by atoms with Crippen molar-refractivity contribution in [3.05, 3.63) is 0 Å². The van der Waals surface area contributed by atoms with Gasteiger partial charge in [-0.1, -0.05) is 6.42 Å². The molecule has 1 rings (SSSR count). The highest BCUT2D eigenvalue weighted by Gasteiger charge is 2.32. The van der Waals surface area contributed by atoms with Gasteiger partial charge in [0.05, 0.1) is 6.07 Å². The second kappa shape index (κ2) is 4.92. The molecule has 6 heteroatoms. The van der Waals surface area contributed by atoms with Crippen LogP contribution in [-0.2, 0) is 10.2 Å². The van der Waals surface area contributed by atoms with E-state index in [1.165, 1.54) is 11.4 Å². The lowest BCUT2D eigenvalue weighted by Gasteiger charge is -2.34. The van der Waals surface area contributed by atoms with Crippen LogP contribution >= 0.6 is 0 Å². The molecule has 5 nitrogen and oxygen atoms in total. The molecule has 1 heterocycles. The van der Waals surface area contributed by atoms with Gasteiger partial charge < -0.3 is 0 Å². The molecule has 1 aliphatic heterocycles. The number of nitriles is 1. The molecular formula is C9H17N3O2S. The lowest BCUT2D eigenvalue weighted by Crippen LogP contribution is -2.48. The maximum absolute atomic E-state index is 12.0. The molecule has 15 heavy (non-hydrogen) atoms. The fraction of sp³-hybridized carbons (Fsp3) is 0.889. The van der Waals surface area contributed by atoms with Crippen molar-refractivity contribution in [2.75, 3.05) is 20.1 Å². The van der Waals surface area contributed by atoms with Crippen LogP contribution in [0.15, 0.2) is 0 Å². The van der Waals surface area contributed by atoms with Crippen molar-refractivity contribution in [1.82, 2.24) is 8.61 Å². The van der Waals surface area contributed by atoms with E-state index in [0.717, 1.165) is 23.6 Å². The number of nitrogens with zero attached hydrogens (tertiary/aromatic N) is 3. The molecule has 1 unspecified atom stereocenters. The maximum atomic E-state index is 12.0. The molecule has 0 amide bonds. The Morgan fingerprint density at radius 3 is 2.73 bits per heavy atom. The average Bonchev–Trinajstić information content (AvgIpc) is 2.18. The van der Waals surface area contributed by atoms with Gasteiger partial charge in [0, 0.05) is 19.6 Å². The third kappa shape index (κ3) is 2.68. The Labute approximate surface area is 91.5 Å². The Morgan fingerprint density at radius 1 is 1.53 bits per heavy atom. The summed E-state index contributed by atoms with van der Waals surface area (Å²) in [7, 11) is -1.98. The van der Waals surface area contributed by atoms with Gasteiger partial charge in [-0.05, 0) is 19.8 Å². The van der Waals surface area contributed by atoms with Gasteiger partial charge in [0.15, 0.2) is 0 Å². The van der Waals surface area contributed by atoms with Crippen LogP contribution in [0.3, 0.4) is 0 Å². The van der Waals surface area contributed by atoms with Gasteiger partial charge in [-0.3, -0.25) is 0 Å². The molecule has 0 radical (unpaired) electrons. The van der Waals surface area contributed by atoms with E-state index in [9.17, 15) is 8.42 Å². The molecule has 1 atom stereocenters. The highest BCUT2D eigenvalue weighted by molar-refractivity contribution is 7.86. The van der Waals surface area contributed by atoms with Crippen molar-refractivity contribution in [1.29, 1.82) is 5.26 Å². The largest absolute Gasteiger partial charge is 0.282 e. The van der Waals surface area contributed by atoms with E-state index in [-0.39, 0.29) is 12.6 Å². The summed E-state index contributed by atoms with van der Waals surface area (Å²) in [6.45, 7) is 2.39. The third-order valence-electron chi connectivity index (χ3n) is 2.73. The lowest BCUT2D eigenvalue weighted by molar-refractivity contribution is 0.253. The summed E-state index contributed by atoms with van der Waals surface area (Å²) in [5, 5.41) is 8.49. The molecule has 0 aliphatic carbocycles. The van der Waals surface area contributed by atoms with E-state index in [4.69, 9.17) is 5.26 Å². The zero-order valence-corrected chi connectivity index (χ0v) is 10.00. The Balaban J connectivity index is 2.80.